The smallest absolute Gasteiger partial charge is 0.404 e. The van der Waals surface area contributed by atoms with E-state index < -0.39 is 11.7 Å². The Balaban J connectivity index is 1.68. The zero-order valence-corrected chi connectivity index (χ0v) is 25.5. The minimum atomic E-state index is -1.34. The molecule has 1 saturated heterocycles. The Hall–Kier alpha value is -3.39. The molecule has 3 aromatic rings. The van der Waals surface area contributed by atoms with E-state index in [1.54, 1.807) is 0 Å². The fourth-order valence-corrected chi connectivity index (χ4v) is 6.37. The van der Waals surface area contributed by atoms with E-state index in [1.807, 2.05) is 73.6 Å². The number of nitrogens with one attached hydrogen (secondary N) is 1. The Morgan fingerprint density at radius 3 is 2.50 bits per heavy atom. The molecule has 1 heterocycles. The Bertz CT molecular complexity index is 1380. The van der Waals surface area contributed by atoms with Crippen molar-refractivity contribution in [2.24, 2.45) is 5.92 Å². The zero-order valence-electron chi connectivity index (χ0n) is 24.8. The molecule has 0 saturated carbocycles. The van der Waals surface area contributed by atoms with Crippen LogP contribution in [-0.2, 0) is 18.6 Å². The van der Waals surface area contributed by atoms with Crippen molar-refractivity contribution in [1.82, 2.24) is 15.1 Å². The van der Waals surface area contributed by atoms with Crippen LogP contribution in [-0.4, -0.2) is 65.7 Å². The predicted octanol–water partition coefficient (Wildman–Crippen LogP) is 6.42. The predicted molar refractivity (Wildman–Crippen MR) is 168 cm³/mol. The second-order valence-electron chi connectivity index (χ2n) is 11.5. The molecule has 0 unspecified atom stereocenters. The Morgan fingerprint density at radius 1 is 1.07 bits per heavy atom. The summed E-state index contributed by atoms with van der Waals surface area (Å²) in [5.74, 6) is -0.312. The van der Waals surface area contributed by atoms with Gasteiger partial charge in [0.05, 0.1) is 5.60 Å². The number of nitrogens with zero attached hydrogens (tertiary/aromatic N) is 2. The van der Waals surface area contributed by atoms with E-state index in [2.05, 4.69) is 29.3 Å². The van der Waals surface area contributed by atoms with Crippen molar-refractivity contribution in [3.63, 3.8) is 0 Å². The van der Waals surface area contributed by atoms with E-state index in [-0.39, 0.29) is 18.4 Å². The summed E-state index contributed by atoms with van der Waals surface area (Å²) < 4.78 is 0. The number of benzene rings is 3. The van der Waals surface area contributed by atoms with Crippen molar-refractivity contribution in [2.45, 2.75) is 51.2 Å². The molecule has 1 aliphatic rings. The van der Waals surface area contributed by atoms with E-state index in [9.17, 15) is 14.7 Å². The van der Waals surface area contributed by atoms with E-state index in [0.29, 0.717) is 42.1 Å². The lowest BCUT2D eigenvalue weighted by atomic mass is 9.72. The van der Waals surface area contributed by atoms with Gasteiger partial charge in [0.1, 0.15) is 0 Å². The molecule has 7 nitrogen and oxygen atoms in total. The number of rotatable bonds is 11. The van der Waals surface area contributed by atoms with Gasteiger partial charge in [0.25, 0.3) is 5.91 Å². The molecule has 2 atom stereocenters. The molecule has 3 aromatic carbocycles. The standard InChI is InChI=1S/C34H42ClN3O4/c1-4-24-9-5-10-27(21-24)31-29(12-6-13-30(31)35)34(42,18-8-19-36-33(40)41)28-11-7-20-38(23-28)32(39)26-16-14-25(15-17-26)22-37(2)3/h5-6,9-10,12-17,21,28,36,42H,4,7-8,11,18-20,22-23H2,1-3H3,(H,40,41)/t28-,34+/m1/s1. The van der Waals surface area contributed by atoms with Gasteiger partial charge in [-0.25, -0.2) is 4.79 Å². The molecule has 1 aliphatic heterocycles. The van der Waals surface area contributed by atoms with Crippen LogP contribution in [0.15, 0.2) is 66.7 Å². The maximum absolute atomic E-state index is 13.6. The first kappa shape index (κ1) is 31.5. The molecule has 3 N–H and O–H groups in total. The van der Waals surface area contributed by atoms with Gasteiger partial charge in [0.2, 0.25) is 0 Å². The van der Waals surface area contributed by atoms with Gasteiger partial charge < -0.3 is 25.3 Å². The van der Waals surface area contributed by atoms with Crippen LogP contribution in [0.5, 0.6) is 0 Å². The first-order valence-corrected chi connectivity index (χ1v) is 15.1. The van der Waals surface area contributed by atoms with Gasteiger partial charge >= 0.3 is 6.09 Å². The van der Waals surface area contributed by atoms with Gasteiger partial charge in [0.15, 0.2) is 0 Å². The van der Waals surface area contributed by atoms with Gasteiger partial charge in [-0.15, -0.1) is 0 Å². The van der Waals surface area contributed by atoms with Crippen molar-refractivity contribution >= 4 is 23.6 Å². The van der Waals surface area contributed by atoms with E-state index >= 15 is 0 Å². The molecule has 42 heavy (non-hydrogen) atoms. The summed E-state index contributed by atoms with van der Waals surface area (Å²) >= 11 is 6.84. The van der Waals surface area contributed by atoms with Crippen LogP contribution in [0.4, 0.5) is 4.79 Å². The lowest BCUT2D eigenvalue weighted by Crippen LogP contribution is -2.48. The number of carbonyl (C=O) groups is 2. The number of likely N-dealkylation sites (tertiary alicyclic amines) is 1. The first-order valence-electron chi connectivity index (χ1n) is 14.7. The Morgan fingerprint density at radius 2 is 1.81 bits per heavy atom. The Kier molecular flexibility index (Phi) is 10.7. The molecular formula is C34H42ClN3O4. The van der Waals surface area contributed by atoms with Gasteiger partial charge in [-0.1, -0.05) is 67.1 Å². The Labute approximate surface area is 254 Å². The number of carboxylic acid groups (broad SMARTS) is 1. The third-order valence-electron chi connectivity index (χ3n) is 8.20. The van der Waals surface area contributed by atoms with Crippen LogP contribution < -0.4 is 5.32 Å². The highest BCUT2D eigenvalue weighted by Crippen LogP contribution is 2.45. The topological polar surface area (TPSA) is 93.1 Å². The number of hydrogen-bond donors (Lipinski definition) is 3. The van der Waals surface area contributed by atoms with E-state index in [4.69, 9.17) is 16.7 Å². The molecule has 4 rings (SSSR count). The maximum atomic E-state index is 13.6. The zero-order chi connectivity index (χ0) is 30.3. The second-order valence-corrected chi connectivity index (χ2v) is 11.9. The SMILES string of the molecule is CCc1cccc(-c2c(Cl)cccc2[C@](O)(CCCNC(=O)O)[C@@H]2CCCN(C(=O)c3ccc(CN(C)C)cc3)C2)c1. The summed E-state index contributed by atoms with van der Waals surface area (Å²) in [4.78, 5) is 28.7. The van der Waals surface area contributed by atoms with Crippen molar-refractivity contribution in [3.05, 3.63) is 94.0 Å². The van der Waals surface area contributed by atoms with E-state index in [1.165, 1.54) is 5.56 Å². The molecule has 0 radical (unpaired) electrons. The monoisotopic (exact) mass is 591 g/mol. The van der Waals surface area contributed by atoms with Gasteiger partial charge in [-0.3, -0.25) is 4.79 Å². The summed E-state index contributed by atoms with van der Waals surface area (Å²) in [6.45, 7) is 4.12. The van der Waals surface area contributed by atoms with Crippen LogP contribution in [0, 0.1) is 5.92 Å². The molecule has 224 valence electrons. The third-order valence-corrected chi connectivity index (χ3v) is 8.51. The highest BCUT2D eigenvalue weighted by molar-refractivity contribution is 6.33. The highest BCUT2D eigenvalue weighted by Gasteiger charge is 2.43. The summed E-state index contributed by atoms with van der Waals surface area (Å²) in [6, 6.07) is 21.5. The minimum Gasteiger partial charge on any atom is -0.465 e. The highest BCUT2D eigenvalue weighted by atomic mass is 35.5. The number of hydrogen-bond acceptors (Lipinski definition) is 4. The van der Waals surface area contributed by atoms with Crippen LogP contribution >= 0.6 is 11.6 Å². The molecule has 2 amide bonds. The second kappa shape index (κ2) is 14.2. The number of piperidine rings is 1. The molecule has 0 spiro atoms. The molecule has 8 heteroatoms. The van der Waals surface area contributed by atoms with Crippen molar-refractivity contribution in [2.75, 3.05) is 33.7 Å². The van der Waals surface area contributed by atoms with Gasteiger partial charge in [0, 0.05) is 48.2 Å². The lowest BCUT2D eigenvalue weighted by Gasteiger charge is -2.44. The fourth-order valence-electron chi connectivity index (χ4n) is 6.09. The van der Waals surface area contributed by atoms with Crippen molar-refractivity contribution in [1.29, 1.82) is 0 Å². The normalized spacial score (nSPS) is 16.7. The fraction of sp³-hybridized carbons (Fsp3) is 0.412. The third kappa shape index (κ3) is 7.51. The van der Waals surface area contributed by atoms with Gasteiger partial charge in [-0.05, 0) is 86.7 Å². The summed E-state index contributed by atoms with van der Waals surface area (Å²) in [6.07, 6.45) is 2.02. The average molecular weight is 592 g/mol. The maximum Gasteiger partial charge on any atom is 0.404 e. The number of aliphatic hydroxyl groups is 1. The van der Waals surface area contributed by atoms with Crippen LogP contribution in [0.3, 0.4) is 0 Å². The van der Waals surface area contributed by atoms with Crippen molar-refractivity contribution in [3.8, 4) is 11.1 Å². The summed E-state index contributed by atoms with van der Waals surface area (Å²) in [5.41, 5.74) is 4.02. The molecule has 0 bridgehead atoms. The van der Waals surface area contributed by atoms with E-state index in [0.717, 1.165) is 42.5 Å². The number of halogens is 1. The molecule has 0 aromatic heterocycles. The first-order chi connectivity index (χ1) is 20.1. The summed E-state index contributed by atoms with van der Waals surface area (Å²) in [7, 11) is 4.02. The minimum absolute atomic E-state index is 0.0482. The quantitative estimate of drug-likeness (QED) is 0.224. The number of aryl methyl sites for hydroxylation is 1. The number of carbonyl (C=O) groups excluding carboxylic acids is 1. The molecule has 0 aliphatic carbocycles. The lowest BCUT2D eigenvalue weighted by molar-refractivity contribution is -0.0563. The van der Waals surface area contributed by atoms with Crippen LogP contribution in [0.1, 0.15) is 59.7 Å². The largest absolute Gasteiger partial charge is 0.465 e. The van der Waals surface area contributed by atoms with Crippen molar-refractivity contribution < 1.29 is 19.8 Å². The average Bonchev–Trinajstić information content (AvgIpc) is 2.99. The molecule has 1 fully saturated rings. The van der Waals surface area contributed by atoms with Gasteiger partial charge in [-0.2, -0.15) is 0 Å². The summed E-state index contributed by atoms with van der Waals surface area (Å²) in [5, 5.41) is 24.8. The molecular weight excluding hydrogens is 550 g/mol. The van der Waals surface area contributed by atoms with Crippen LogP contribution in [0.2, 0.25) is 5.02 Å². The number of amides is 2. The van der Waals surface area contributed by atoms with Crippen LogP contribution in [0.25, 0.3) is 11.1 Å².